The maximum atomic E-state index is 11.3. The first-order valence-corrected chi connectivity index (χ1v) is 5.19. The van der Waals surface area contributed by atoms with Crippen LogP contribution in [0.25, 0.3) is 0 Å². The molecular formula is C11H17N3O. The Morgan fingerprint density at radius 1 is 1.53 bits per heavy atom. The van der Waals surface area contributed by atoms with E-state index >= 15 is 0 Å². The molecule has 1 heterocycles. The van der Waals surface area contributed by atoms with E-state index in [1.165, 1.54) is 0 Å². The molecule has 0 fully saturated rings. The van der Waals surface area contributed by atoms with Crippen molar-refractivity contribution in [3.05, 3.63) is 30.1 Å². The highest BCUT2D eigenvalue weighted by atomic mass is 16.2. The van der Waals surface area contributed by atoms with Crippen LogP contribution in [-0.4, -0.2) is 17.6 Å². The second-order valence-electron chi connectivity index (χ2n) is 3.38. The lowest BCUT2D eigenvalue weighted by Gasteiger charge is -2.13. The molecule has 1 aromatic rings. The van der Waals surface area contributed by atoms with E-state index in [0.717, 1.165) is 12.1 Å². The monoisotopic (exact) mass is 207 g/mol. The second-order valence-corrected chi connectivity index (χ2v) is 3.38. The first-order valence-electron chi connectivity index (χ1n) is 5.19. The van der Waals surface area contributed by atoms with Crippen LogP contribution in [0, 0.1) is 0 Å². The van der Waals surface area contributed by atoms with Gasteiger partial charge in [0.25, 0.3) is 0 Å². The van der Waals surface area contributed by atoms with Gasteiger partial charge in [0.15, 0.2) is 0 Å². The van der Waals surface area contributed by atoms with Gasteiger partial charge >= 0.3 is 6.03 Å². The van der Waals surface area contributed by atoms with E-state index in [1.807, 2.05) is 32.0 Å². The fraction of sp³-hybridized carbons (Fsp3) is 0.455. The van der Waals surface area contributed by atoms with Gasteiger partial charge in [-0.3, -0.25) is 4.98 Å². The average molecular weight is 207 g/mol. The molecule has 82 valence electrons. The lowest BCUT2D eigenvalue weighted by atomic mass is 10.2. The van der Waals surface area contributed by atoms with Crippen molar-refractivity contribution in [3.63, 3.8) is 0 Å². The first-order chi connectivity index (χ1) is 7.24. The van der Waals surface area contributed by atoms with E-state index in [0.29, 0.717) is 6.54 Å². The Labute approximate surface area is 90.1 Å². The van der Waals surface area contributed by atoms with Crippen molar-refractivity contribution in [2.75, 3.05) is 6.54 Å². The fourth-order valence-corrected chi connectivity index (χ4v) is 1.19. The fourth-order valence-electron chi connectivity index (χ4n) is 1.19. The minimum absolute atomic E-state index is 0.0666. The van der Waals surface area contributed by atoms with Crippen molar-refractivity contribution in [1.29, 1.82) is 0 Å². The third-order valence-electron chi connectivity index (χ3n) is 2.01. The van der Waals surface area contributed by atoms with E-state index in [4.69, 9.17) is 0 Å². The normalized spacial score (nSPS) is 11.9. The van der Waals surface area contributed by atoms with E-state index in [-0.39, 0.29) is 12.1 Å². The molecule has 1 aromatic heterocycles. The van der Waals surface area contributed by atoms with Crippen molar-refractivity contribution in [2.24, 2.45) is 0 Å². The molecule has 0 aliphatic rings. The van der Waals surface area contributed by atoms with Gasteiger partial charge in [-0.05, 0) is 25.5 Å². The Bertz CT molecular complexity index is 300. The Morgan fingerprint density at radius 2 is 2.33 bits per heavy atom. The van der Waals surface area contributed by atoms with Crippen LogP contribution in [0.5, 0.6) is 0 Å². The molecule has 4 nitrogen and oxygen atoms in total. The molecule has 2 N–H and O–H groups in total. The summed E-state index contributed by atoms with van der Waals surface area (Å²) < 4.78 is 0. The summed E-state index contributed by atoms with van der Waals surface area (Å²) in [6, 6.07) is 5.45. The van der Waals surface area contributed by atoms with E-state index in [2.05, 4.69) is 15.6 Å². The predicted molar refractivity (Wildman–Crippen MR) is 59.5 cm³/mol. The zero-order chi connectivity index (χ0) is 11.1. The van der Waals surface area contributed by atoms with Crippen LogP contribution in [0.4, 0.5) is 4.79 Å². The molecule has 0 unspecified atom stereocenters. The molecule has 0 radical (unpaired) electrons. The summed E-state index contributed by atoms with van der Waals surface area (Å²) in [4.78, 5) is 15.5. The van der Waals surface area contributed by atoms with E-state index < -0.39 is 0 Å². The largest absolute Gasteiger partial charge is 0.338 e. The summed E-state index contributed by atoms with van der Waals surface area (Å²) in [5.41, 5.74) is 0.865. The molecule has 4 heteroatoms. The smallest absolute Gasteiger partial charge is 0.315 e. The lowest BCUT2D eigenvalue weighted by molar-refractivity contribution is 0.237. The van der Waals surface area contributed by atoms with Crippen molar-refractivity contribution in [1.82, 2.24) is 15.6 Å². The van der Waals surface area contributed by atoms with Crippen LogP contribution in [0.1, 0.15) is 32.0 Å². The Balaban J connectivity index is 2.42. The van der Waals surface area contributed by atoms with Gasteiger partial charge in [-0.15, -0.1) is 0 Å². The van der Waals surface area contributed by atoms with Gasteiger partial charge in [0.1, 0.15) is 0 Å². The summed E-state index contributed by atoms with van der Waals surface area (Å²) in [5.74, 6) is 0. The number of amides is 2. The number of urea groups is 1. The van der Waals surface area contributed by atoms with Gasteiger partial charge in [-0.1, -0.05) is 13.0 Å². The molecule has 0 aliphatic heterocycles. The zero-order valence-corrected chi connectivity index (χ0v) is 9.16. The summed E-state index contributed by atoms with van der Waals surface area (Å²) in [7, 11) is 0. The number of rotatable bonds is 4. The molecular weight excluding hydrogens is 190 g/mol. The second kappa shape index (κ2) is 6.01. The molecule has 1 rings (SSSR count). The average Bonchev–Trinajstić information content (AvgIpc) is 2.27. The van der Waals surface area contributed by atoms with Crippen molar-refractivity contribution in [3.8, 4) is 0 Å². The highest BCUT2D eigenvalue weighted by Gasteiger charge is 2.08. The quantitative estimate of drug-likeness (QED) is 0.791. The number of pyridine rings is 1. The van der Waals surface area contributed by atoms with Gasteiger partial charge in [-0.2, -0.15) is 0 Å². The van der Waals surface area contributed by atoms with Crippen LogP contribution in [0.2, 0.25) is 0 Å². The molecule has 0 spiro atoms. The maximum absolute atomic E-state index is 11.3. The summed E-state index contributed by atoms with van der Waals surface area (Å²) in [6.07, 6.45) is 2.66. The van der Waals surface area contributed by atoms with Crippen LogP contribution in [0.3, 0.4) is 0 Å². The third kappa shape index (κ3) is 3.97. The number of hydrogen-bond acceptors (Lipinski definition) is 2. The predicted octanol–water partition coefficient (Wildman–Crippen LogP) is 1.85. The van der Waals surface area contributed by atoms with E-state index in [1.54, 1.807) is 6.20 Å². The molecule has 1 atom stereocenters. The number of carbonyl (C=O) groups excluding carboxylic acids is 1. The zero-order valence-electron chi connectivity index (χ0n) is 9.16. The van der Waals surface area contributed by atoms with Crippen LogP contribution in [0.15, 0.2) is 24.4 Å². The molecule has 0 saturated carbocycles. The van der Waals surface area contributed by atoms with Crippen LogP contribution in [-0.2, 0) is 0 Å². The number of nitrogens with one attached hydrogen (secondary N) is 2. The molecule has 0 saturated heterocycles. The minimum atomic E-state index is -0.144. The molecule has 0 aromatic carbocycles. The minimum Gasteiger partial charge on any atom is -0.338 e. The number of aromatic nitrogens is 1. The Morgan fingerprint density at radius 3 is 2.93 bits per heavy atom. The number of carbonyl (C=O) groups is 1. The summed E-state index contributed by atoms with van der Waals surface area (Å²) in [6.45, 7) is 4.62. The summed E-state index contributed by atoms with van der Waals surface area (Å²) >= 11 is 0. The lowest BCUT2D eigenvalue weighted by Crippen LogP contribution is -2.37. The maximum Gasteiger partial charge on any atom is 0.315 e. The van der Waals surface area contributed by atoms with Crippen molar-refractivity contribution >= 4 is 6.03 Å². The van der Waals surface area contributed by atoms with Crippen LogP contribution >= 0.6 is 0 Å². The first kappa shape index (κ1) is 11.5. The van der Waals surface area contributed by atoms with Gasteiger partial charge < -0.3 is 10.6 Å². The number of hydrogen-bond donors (Lipinski definition) is 2. The van der Waals surface area contributed by atoms with E-state index in [9.17, 15) is 4.79 Å². The Hall–Kier alpha value is -1.58. The van der Waals surface area contributed by atoms with Gasteiger partial charge in [0.05, 0.1) is 11.7 Å². The topological polar surface area (TPSA) is 54.0 Å². The van der Waals surface area contributed by atoms with Gasteiger partial charge in [-0.25, -0.2) is 4.79 Å². The molecule has 15 heavy (non-hydrogen) atoms. The van der Waals surface area contributed by atoms with Gasteiger partial charge in [0, 0.05) is 12.7 Å². The highest BCUT2D eigenvalue weighted by Crippen LogP contribution is 2.06. The van der Waals surface area contributed by atoms with Crippen molar-refractivity contribution < 1.29 is 4.79 Å². The SMILES string of the molecule is CCCNC(=O)N[C@H](C)c1ccccn1. The highest BCUT2D eigenvalue weighted by molar-refractivity contribution is 5.74. The third-order valence-corrected chi connectivity index (χ3v) is 2.01. The molecule has 0 bridgehead atoms. The standard InChI is InChI=1S/C11H17N3O/c1-3-7-13-11(15)14-9(2)10-6-4-5-8-12-10/h4-6,8-9H,3,7H2,1-2H3,(H2,13,14,15)/t9-/m1/s1. The summed E-state index contributed by atoms with van der Waals surface area (Å²) in [5, 5.41) is 5.57. The van der Waals surface area contributed by atoms with Crippen LogP contribution < -0.4 is 10.6 Å². The number of nitrogens with zero attached hydrogens (tertiary/aromatic N) is 1. The van der Waals surface area contributed by atoms with Crippen molar-refractivity contribution in [2.45, 2.75) is 26.3 Å². The Kier molecular flexibility index (Phi) is 4.60. The molecule has 2 amide bonds. The molecule has 0 aliphatic carbocycles. The van der Waals surface area contributed by atoms with Gasteiger partial charge in [0.2, 0.25) is 0 Å².